The monoisotopic (exact) mass is 392 g/mol. The molecule has 0 N–H and O–H groups in total. The van der Waals surface area contributed by atoms with E-state index in [1.54, 1.807) is 4.90 Å². The van der Waals surface area contributed by atoms with Crippen molar-refractivity contribution in [1.82, 2.24) is 9.88 Å². The molecule has 1 aliphatic rings. The highest BCUT2D eigenvalue weighted by molar-refractivity contribution is 5.96. The number of rotatable bonds is 7. The summed E-state index contributed by atoms with van der Waals surface area (Å²) >= 11 is 0. The summed E-state index contributed by atoms with van der Waals surface area (Å²) in [4.78, 5) is 19.2. The number of aryl methyl sites for hydroxylation is 2. The second kappa shape index (κ2) is 9.23. The number of aromatic nitrogens is 1. The van der Waals surface area contributed by atoms with Gasteiger partial charge in [0.05, 0.1) is 6.10 Å². The van der Waals surface area contributed by atoms with Gasteiger partial charge in [0, 0.05) is 32.2 Å². The van der Waals surface area contributed by atoms with Crippen LogP contribution in [0.15, 0.2) is 52.9 Å². The average molecular weight is 392 g/mol. The zero-order valence-corrected chi connectivity index (χ0v) is 17.0. The molecule has 0 unspecified atom stereocenters. The minimum Gasteiger partial charge on any atom is -0.441 e. The van der Waals surface area contributed by atoms with E-state index in [1.807, 2.05) is 43.4 Å². The van der Waals surface area contributed by atoms with Crippen molar-refractivity contribution in [3.05, 3.63) is 65.5 Å². The molecule has 1 amide bonds. The third-order valence-corrected chi connectivity index (χ3v) is 5.56. The second-order valence-corrected chi connectivity index (χ2v) is 7.78. The summed E-state index contributed by atoms with van der Waals surface area (Å²) in [6, 6.07) is 15.8. The van der Waals surface area contributed by atoms with Gasteiger partial charge in [0.15, 0.2) is 11.5 Å². The average Bonchev–Trinajstić information content (AvgIpc) is 3.19. The number of amides is 1. The van der Waals surface area contributed by atoms with E-state index in [-0.39, 0.29) is 12.0 Å². The molecule has 4 rings (SSSR count). The highest BCUT2D eigenvalue weighted by atomic mass is 16.5. The molecule has 0 spiro atoms. The molecule has 1 atom stereocenters. The molecular formula is C24H28N2O3. The minimum absolute atomic E-state index is 0.0107. The molecule has 5 heteroatoms. The predicted molar refractivity (Wildman–Crippen MR) is 113 cm³/mol. The Hall–Kier alpha value is -2.66. The molecule has 1 saturated heterocycles. The van der Waals surface area contributed by atoms with Crippen molar-refractivity contribution in [3.63, 3.8) is 0 Å². The Balaban J connectivity index is 1.37. The third kappa shape index (κ3) is 5.04. The van der Waals surface area contributed by atoms with Crippen molar-refractivity contribution in [3.8, 4) is 0 Å². The van der Waals surface area contributed by atoms with Crippen LogP contribution in [-0.4, -0.2) is 42.1 Å². The molecular weight excluding hydrogens is 364 g/mol. The quantitative estimate of drug-likeness (QED) is 0.588. The Kier molecular flexibility index (Phi) is 6.25. The van der Waals surface area contributed by atoms with E-state index in [2.05, 4.69) is 17.1 Å². The second-order valence-electron chi connectivity index (χ2n) is 7.78. The first-order chi connectivity index (χ1) is 14.2. The molecule has 5 nitrogen and oxygen atoms in total. The molecule has 152 valence electrons. The summed E-state index contributed by atoms with van der Waals surface area (Å²) in [5.74, 6) is 0.716. The molecule has 1 aliphatic heterocycles. The van der Waals surface area contributed by atoms with Gasteiger partial charge in [-0.15, -0.1) is 0 Å². The van der Waals surface area contributed by atoms with Crippen molar-refractivity contribution in [1.29, 1.82) is 0 Å². The molecule has 2 aromatic carbocycles. The van der Waals surface area contributed by atoms with E-state index in [4.69, 9.17) is 9.15 Å². The number of carbonyl (C=O) groups is 1. The summed E-state index contributed by atoms with van der Waals surface area (Å²) in [5, 5.41) is 0. The molecule has 1 aromatic heterocycles. The highest BCUT2D eigenvalue weighted by Crippen LogP contribution is 2.20. The zero-order valence-electron chi connectivity index (χ0n) is 17.0. The number of carbonyl (C=O) groups excluding carboxylic acids is 1. The van der Waals surface area contributed by atoms with Gasteiger partial charge in [-0.3, -0.25) is 4.79 Å². The van der Waals surface area contributed by atoms with E-state index >= 15 is 0 Å². The van der Waals surface area contributed by atoms with Crippen LogP contribution in [0.5, 0.6) is 0 Å². The fourth-order valence-corrected chi connectivity index (χ4v) is 3.81. The minimum atomic E-state index is 0.0107. The first kappa shape index (κ1) is 19.6. The molecule has 0 bridgehead atoms. The summed E-state index contributed by atoms with van der Waals surface area (Å²) in [6.45, 7) is 1.54. The fraction of sp³-hybridized carbons (Fsp3) is 0.417. The van der Waals surface area contributed by atoms with Crippen molar-refractivity contribution < 1.29 is 13.9 Å². The zero-order chi connectivity index (χ0) is 20.1. The van der Waals surface area contributed by atoms with Gasteiger partial charge in [-0.25, -0.2) is 4.98 Å². The largest absolute Gasteiger partial charge is 0.441 e. The standard InChI is InChI=1S/C24H28N2O3/c1-26(15-14-20-9-5-6-16-28-20)24(27)19-11-12-22-21(17-19)25-23(29-22)13-10-18-7-3-2-4-8-18/h2-4,7-8,11-12,17,20H,5-6,9-10,13-16H2,1H3/t20-/m1/s1. The molecule has 0 aliphatic carbocycles. The van der Waals surface area contributed by atoms with Gasteiger partial charge >= 0.3 is 0 Å². The van der Waals surface area contributed by atoms with E-state index in [0.717, 1.165) is 49.8 Å². The Bertz CT molecular complexity index is 945. The van der Waals surface area contributed by atoms with Crippen LogP contribution in [0.25, 0.3) is 11.1 Å². The normalized spacial score (nSPS) is 16.8. The first-order valence-corrected chi connectivity index (χ1v) is 10.5. The van der Waals surface area contributed by atoms with Crippen LogP contribution in [0.2, 0.25) is 0 Å². The fourth-order valence-electron chi connectivity index (χ4n) is 3.81. The SMILES string of the molecule is CN(CC[C@H]1CCCCO1)C(=O)c1ccc2oc(CCc3ccccc3)nc2c1. The first-order valence-electron chi connectivity index (χ1n) is 10.5. The van der Waals surface area contributed by atoms with Gasteiger partial charge in [0.2, 0.25) is 0 Å². The maximum absolute atomic E-state index is 12.8. The lowest BCUT2D eigenvalue weighted by Crippen LogP contribution is -2.31. The smallest absolute Gasteiger partial charge is 0.253 e. The third-order valence-electron chi connectivity index (χ3n) is 5.56. The Morgan fingerprint density at radius 2 is 2.00 bits per heavy atom. The number of hydrogen-bond acceptors (Lipinski definition) is 4. The Labute approximate surface area is 171 Å². The molecule has 0 saturated carbocycles. The lowest BCUT2D eigenvalue weighted by atomic mass is 10.1. The lowest BCUT2D eigenvalue weighted by molar-refractivity contribution is 0.00709. The van der Waals surface area contributed by atoms with Gasteiger partial charge in [-0.05, 0) is 55.9 Å². The van der Waals surface area contributed by atoms with E-state index in [9.17, 15) is 4.79 Å². The Morgan fingerprint density at radius 3 is 2.79 bits per heavy atom. The number of ether oxygens (including phenoxy) is 1. The summed E-state index contributed by atoms with van der Waals surface area (Å²) in [6.07, 6.45) is 6.25. The van der Waals surface area contributed by atoms with Crippen LogP contribution in [0.4, 0.5) is 0 Å². The van der Waals surface area contributed by atoms with Gasteiger partial charge in [-0.2, -0.15) is 0 Å². The number of nitrogens with zero attached hydrogens (tertiary/aromatic N) is 2. The topological polar surface area (TPSA) is 55.6 Å². The molecule has 1 fully saturated rings. The summed E-state index contributed by atoms with van der Waals surface area (Å²) in [5.41, 5.74) is 3.37. The number of benzene rings is 2. The number of hydrogen-bond donors (Lipinski definition) is 0. The number of oxazole rings is 1. The van der Waals surface area contributed by atoms with Crippen molar-refractivity contribution in [2.45, 2.75) is 44.6 Å². The van der Waals surface area contributed by atoms with Crippen LogP contribution in [0.3, 0.4) is 0 Å². The molecule has 2 heterocycles. The highest BCUT2D eigenvalue weighted by Gasteiger charge is 2.18. The van der Waals surface area contributed by atoms with E-state index < -0.39 is 0 Å². The van der Waals surface area contributed by atoms with Crippen LogP contribution < -0.4 is 0 Å². The lowest BCUT2D eigenvalue weighted by Gasteiger charge is -2.25. The van der Waals surface area contributed by atoms with E-state index in [1.165, 1.54) is 12.0 Å². The van der Waals surface area contributed by atoms with Crippen molar-refractivity contribution in [2.24, 2.45) is 0 Å². The maximum atomic E-state index is 12.8. The van der Waals surface area contributed by atoms with Crippen LogP contribution in [0, 0.1) is 0 Å². The molecule has 29 heavy (non-hydrogen) atoms. The summed E-state index contributed by atoms with van der Waals surface area (Å²) < 4.78 is 11.6. The van der Waals surface area contributed by atoms with Gasteiger partial charge < -0.3 is 14.1 Å². The number of fused-ring (bicyclic) bond motifs is 1. The molecule has 0 radical (unpaired) electrons. The van der Waals surface area contributed by atoms with Crippen LogP contribution in [-0.2, 0) is 17.6 Å². The Morgan fingerprint density at radius 1 is 1.14 bits per heavy atom. The maximum Gasteiger partial charge on any atom is 0.253 e. The van der Waals surface area contributed by atoms with Gasteiger partial charge in [0.1, 0.15) is 5.52 Å². The predicted octanol–water partition coefficient (Wildman–Crippen LogP) is 4.64. The molecule has 3 aromatic rings. The van der Waals surface area contributed by atoms with Crippen LogP contribution >= 0.6 is 0 Å². The van der Waals surface area contributed by atoms with E-state index in [0.29, 0.717) is 18.0 Å². The van der Waals surface area contributed by atoms with Crippen molar-refractivity contribution in [2.75, 3.05) is 20.2 Å². The van der Waals surface area contributed by atoms with Crippen LogP contribution in [0.1, 0.15) is 47.5 Å². The van der Waals surface area contributed by atoms with Crippen molar-refractivity contribution >= 4 is 17.0 Å². The summed E-state index contributed by atoms with van der Waals surface area (Å²) in [7, 11) is 1.85. The van der Waals surface area contributed by atoms with Gasteiger partial charge in [0.25, 0.3) is 5.91 Å². The van der Waals surface area contributed by atoms with Gasteiger partial charge in [-0.1, -0.05) is 30.3 Å².